The first-order chi connectivity index (χ1) is 12.9. The van der Waals surface area contributed by atoms with Crippen LogP contribution in [0.2, 0.25) is 0 Å². The molecule has 1 amide bonds. The largest absolute Gasteiger partial charge is 0.462 e. The second-order valence-corrected chi connectivity index (χ2v) is 7.05. The second kappa shape index (κ2) is 7.74. The van der Waals surface area contributed by atoms with Crippen LogP contribution in [0.15, 0.2) is 66.0 Å². The van der Waals surface area contributed by atoms with Crippen LogP contribution in [0.4, 0.5) is 0 Å². The number of hydrogen-bond acceptors (Lipinski definition) is 4. The van der Waals surface area contributed by atoms with Crippen molar-refractivity contribution in [2.45, 2.75) is 39.3 Å². The highest BCUT2D eigenvalue weighted by Gasteiger charge is 2.47. The van der Waals surface area contributed by atoms with Crippen LogP contribution in [0, 0.1) is 0 Å². The number of nitrogens with zero attached hydrogens (tertiary/aromatic N) is 2. The number of amides is 1. The molecule has 5 nitrogen and oxygen atoms in total. The molecule has 0 N–H and O–H groups in total. The molecule has 2 aromatic rings. The number of carbonyl (C=O) groups excluding carboxylic acids is 2. The molecule has 0 atom stereocenters. The van der Waals surface area contributed by atoms with E-state index in [2.05, 4.69) is 4.98 Å². The molecule has 1 aliphatic rings. The molecule has 0 radical (unpaired) electrons. The summed E-state index contributed by atoms with van der Waals surface area (Å²) in [6.45, 7) is 6.37. The maximum absolute atomic E-state index is 13.2. The van der Waals surface area contributed by atoms with Crippen molar-refractivity contribution in [2.24, 2.45) is 0 Å². The summed E-state index contributed by atoms with van der Waals surface area (Å²) < 4.78 is 5.20. The molecular formula is C22H24N2O3. The number of hydrogen-bond donors (Lipinski definition) is 0. The molecular weight excluding hydrogens is 340 g/mol. The normalized spacial score (nSPS) is 16.0. The minimum atomic E-state index is -0.606. The Bertz CT molecular complexity index is 858. The van der Waals surface area contributed by atoms with Gasteiger partial charge < -0.3 is 9.64 Å². The molecule has 0 spiro atoms. The smallest absolute Gasteiger partial charge is 0.343 e. The first kappa shape index (κ1) is 18.8. The van der Waals surface area contributed by atoms with Crippen molar-refractivity contribution in [2.75, 3.05) is 6.61 Å². The zero-order valence-corrected chi connectivity index (χ0v) is 15.9. The van der Waals surface area contributed by atoms with Crippen molar-refractivity contribution >= 4 is 11.9 Å². The van der Waals surface area contributed by atoms with E-state index >= 15 is 0 Å². The average Bonchev–Trinajstić information content (AvgIpc) is 2.84. The fourth-order valence-electron chi connectivity index (χ4n) is 3.45. The average molecular weight is 364 g/mol. The van der Waals surface area contributed by atoms with E-state index in [0.29, 0.717) is 13.0 Å². The van der Waals surface area contributed by atoms with Crippen LogP contribution in [0.1, 0.15) is 31.9 Å². The van der Waals surface area contributed by atoms with E-state index in [1.807, 2.05) is 56.3 Å². The summed E-state index contributed by atoms with van der Waals surface area (Å²) in [6, 6.07) is 13.6. The van der Waals surface area contributed by atoms with Gasteiger partial charge in [-0.15, -0.1) is 0 Å². The van der Waals surface area contributed by atoms with Crippen molar-refractivity contribution in [1.82, 2.24) is 9.88 Å². The highest BCUT2D eigenvalue weighted by Crippen LogP contribution is 2.39. The Morgan fingerprint density at radius 3 is 2.44 bits per heavy atom. The third-order valence-electron chi connectivity index (χ3n) is 4.94. The van der Waals surface area contributed by atoms with Gasteiger partial charge in [-0.1, -0.05) is 36.4 Å². The van der Waals surface area contributed by atoms with E-state index < -0.39 is 11.5 Å². The topological polar surface area (TPSA) is 59.5 Å². The van der Waals surface area contributed by atoms with Crippen LogP contribution in [0.25, 0.3) is 0 Å². The maximum Gasteiger partial charge on any atom is 0.343 e. The van der Waals surface area contributed by atoms with Crippen LogP contribution < -0.4 is 0 Å². The third-order valence-corrected chi connectivity index (χ3v) is 4.94. The van der Waals surface area contributed by atoms with E-state index in [1.165, 1.54) is 0 Å². The molecule has 0 bridgehead atoms. The SMILES string of the molecule is CCOC(=O)C1=C(Cc2cccnc2)C(C)(C)N(Cc2ccccc2)C1=O. The molecule has 0 aliphatic carbocycles. The molecule has 0 unspecified atom stereocenters. The van der Waals surface area contributed by atoms with E-state index in [0.717, 1.165) is 16.7 Å². The van der Waals surface area contributed by atoms with Crippen molar-refractivity contribution in [3.8, 4) is 0 Å². The molecule has 2 heterocycles. The molecule has 0 saturated heterocycles. The summed E-state index contributed by atoms with van der Waals surface area (Å²) in [5.74, 6) is -0.828. The zero-order chi connectivity index (χ0) is 19.4. The van der Waals surface area contributed by atoms with Crippen molar-refractivity contribution < 1.29 is 14.3 Å². The number of rotatable bonds is 6. The summed E-state index contributed by atoms with van der Waals surface area (Å²) in [5.41, 5.74) is 2.29. The lowest BCUT2D eigenvalue weighted by molar-refractivity contribution is -0.141. The Hall–Kier alpha value is -2.95. The summed E-state index contributed by atoms with van der Waals surface area (Å²) >= 11 is 0. The summed E-state index contributed by atoms with van der Waals surface area (Å²) in [4.78, 5) is 31.7. The van der Waals surface area contributed by atoms with Gasteiger partial charge in [0.05, 0.1) is 12.1 Å². The van der Waals surface area contributed by atoms with Gasteiger partial charge in [0.1, 0.15) is 5.57 Å². The van der Waals surface area contributed by atoms with Crippen molar-refractivity contribution in [1.29, 1.82) is 0 Å². The standard InChI is InChI=1S/C22H24N2O3/c1-4-27-21(26)19-18(13-17-11-8-12-23-14-17)22(2,3)24(20(19)25)15-16-9-6-5-7-10-16/h5-12,14H,4,13,15H2,1-3H3. The Balaban J connectivity index is 2.00. The Labute approximate surface area is 159 Å². The quantitative estimate of drug-likeness (QED) is 0.583. The van der Waals surface area contributed by atoms with Crippen LogP contribution >= 0.6 is 0 Å². The van der Waals surface area contributed by atoms with Gasteiger partial charge in [-0.3, -0.25) is 9.78 Å². The number of esters is 1. The van der Waals surface area contributed by atoms with E-state index in [9.17, 15) is 9.59 Å². The Kier molecular flexibility index (Phi) is 5.40. The van der Waals surface area contributed by atoms with Gasteiger partial charge in [-0.25, -0.2) is 4.79 Å². The molecule has 3 rings (SSSR count). The van der Waals surface area contributed by atoms with E-state index in [-0.39, 0.29) is 18.1 Å². The summed E-state index contributed by atoms with van der Waals surface area (Å²) in [7, 11) is 0. The number of benzene rings is 1. The van der Waals surface area contributed by atoms with Crippen molar-refractivity contribution in [3.05, 3.63) is 77.1 Å². The molecule has 0 fully saturated rings. The van der Waals surface area contributed by atoms with Gasteiger partial charge in [-0.05, 0) is 50.0 Å². The van der Waals surface area contributed by atoms with Crippen LogP contribution in [0.5, 0.6) is 0 Å². The summed E-state index contributed by atoms with van der Waals surface area (Å²) in [6.07, 6.45) is 3.94. The van der Waals surface area contributed by atoms with Gasteiger partial charge >= 0.3 is 5.97 Å². The van der Waals surface area contributed by atoms with Crippen LogP contribution in [-0.4, -0.2) is 33.9 Å². The minimum Gasteiger partial charge on any atom is -0.462 e. The second-order valence-electron chi connectivity index (χ2n) is 7.05. The van der Waals surface area contributed by atoms with E-state index in [4.69, 9.17) is 4.74 Å². The number of aromatic nitrogens is 1. The highest BCUT2D eigenvalue weighted by molar-refractivity contribution is 6.19. The minimum absolute atomic E-state index is 0.154. The van der Waals surface area contributed by atoms with Crippen molar-refractivity contribution in [3.63, 3.8) is 0 Å². The summed E-state index contributed by atoms with van der Waals surface area (Å²) in [5, 5.41) is 0. The maximum atomic E-state index is 13.2. The van der Waals surface area contributed by atoms with Gasteiger partial charge in [0.15, 0.2) is 0 Å². The van der Waals surface area contributed by atoms with Gasteiger partial charge in [0, 0.05) is 18.9 Å². The number of ether oxygens (including phenoxy) is 1. The number of pyridine rings is 1. The van der Waals surface area contributed by atoms with Crippen LogP contribution in [-0.2, 0) is 27.3 Å². The molecule has 5 heteroatoms. The highest BCUT2D eigenvalue weighted by atomic mass is 16.5. The van der Waals surface area contributed by atoms with Crippen LogP contribution in [0.3, 0.4) is 0 Å². The lowest BCUT2D eigenvalue weighted by Gasteiger charge is -2.34. The van der Waals surface area contributed by atoms with E-state index in [1.54, 1.807) is 24.2 Å². The monoisotopic (exact) mass is 364 g/mol. The van der Waals surface area contributed by atoms with Gasteiger partial charge in [0.25, 0.3) is 5.91 Å². The first-order valence-corrected chi connectivity index (χ1v) is 9.10. The molecule has 1 aromatic carbocycles. The van der Waals surface area contributed by atoms with Gasteiger partial charge in [0.2, 0.25) is 0 Å². The fourth-order valence-corrected chi connectivity index (χ4v) is 3.45. The predicted molar refractivity (Wildman–Crippen MR) is 103 cm³/mol. The fraction of sp³-hybridized carbons (Fsp3) is 0.318. The predicted octanol–water partition coefficient (Wildman–Crippen LogP) is 3.30. The lowest BCUT2D eigenvalue weighted by Crippen LogP contribution is -2.43. The van der Waals surface area contributed by atoms with Gasteiger partial charge in [-0.2, -0.15) is 0 Å². The Morgan fingerprint density at radius 2 is 1.81 bits per heavy atom. The third kappa shape index (κ3) is 3.77. The molecule has 0 saturated carbocycles. The lowest BCUT2D eigenvalue weighted by atomic mass is 9.88. The zero-order valence-electron chi connectivity index (χ0n) is 15.9. The first-order valence-electron chi connectivity index (χ1n) is 9.10. The molecule has 1 aromatic heterocycles. The molecule has 140 valence electrons. The molecule has 27 heavy (non-hydrogen) atoms. The number of carbonyl (C=O) groups is 2. The molecule has 1 aliphatic heterocycles. The Morgan fingerprint density at radius 1 is 1.11 bits per heavy atom.